The number of piperidine rings is 1. The van der Waals surface area contributed by atoms with Crippen molar-refractivity contribution in [3.63, 3.8) is 0 Å². The van der Waals surface area contributed by atoms with Gasteiger partial charge in [-0.25, -0.2) is 0 Å². The van der Waals surface area contributed by atoms with E-state index in [0.29, 0.717) is 12.5 Å². The minimum Gasteiger partial charge on any atom is -0.494 e. The number of halogens is 1. The van der Waals surface area contributed by atoms with E-state index in [0.717, 1.165) is 63.7 Å². The molecule has 7 heteroatoms. The first kappa shape index (κ1) is 19.1. The Labute approximate surface area is 161 Å². The number of hydrogen-bond donors (Lipinski definition) is 1. The molecule has 2 aliphatic rings. The molecule has 1 aromatic heterocycles. The SMILES string of the molecule is CCOc1ccccc1CN1CCC(c2nnc3n2CCNC3)CC1.Cl. The van der Waals surface area contributed by atoms with E-state index in [1.165, 1.54) is 11.4 Å². The monoisotopic (exact) mass is 377 g/mol. The molecule has 142 valence electrons. The summed E-state index contributed by atoms with van der Waals surface area (Å²) in [4.78, 5) is 2.53. The van der Waals surface area contributed by atoms with Crippen molar-refractivity contribution in [2.75, 3.05) is 26.2 Å². The van der Waals surface area contributed by atoms with Crippen LogP contribution in [0.1, 0.15) is 42.9 Å². The van der Waals surface area contributed by atoms with Gasteiger partial charge in [0, 0.05) is 31.1 Å². The van der Waals surface area contributed by atoms with Crippen LogP contribution in [-0.4, -0.2) is 45.9 Å². The van der Waals surface area contributed by atoms with Gasteiger partial charge in [-0.05, 0) is 38.9 Å². The molecule has 1 aromatic carbocycles. The maximum absolute atomic E-state index is 5.77. The fourth-order valence-electron chi connectivity index (χ4n) is 3.94. The normalized spacial score (nSPS) is 18.2. The first-order chi connectivity index (χ1) is 12.3. The number of hydrogen-bond acceptors (Lipinski definition) is 5. The van der Waals surface area contributed by atoms with E-state index >= 15 is 0 Å². The van der Waals surface area contributed by atoms with Crippen LogP contribution in [0.5, 0.6) is 5.75 Å². The van der Waals surface area contributed by atoms with Gasteiger partial charge < -0.3 is 14.6 Å². The molecule has 1 N–H and O–H groups in total. The number of rotatable bonds is 5. The average molecular weight is 378 g/mol. The molecule has 2 aromatic rings. The molecule has 4 rings (SSSR count). The van der Waals surface area contributed by atoms with Crippen LogP contribution in [0.3, 0.4) is 0 Å². The van der Waals surface area contributed by atoms with Gasteiger partial charge >= 0.3 is 0 Å². The van der Waals surface area contributed by atoms with Crippen molar-refractivity contribution in [2.24, 2.45) is 0 Å². The van der Waals surface area contributed by atoms with Crippen LogP contribution in [-0.2, 0) is 19.6 Å². The Morgan fingerprint density at radius 3 is 2.77 bits per heavy atom. The molecule has 26 heavy (non-hydrogen) atoms. The Kier molecular flexibility index (Phi) is 6.51. The Hall–Kier alpha value is -1.63. The number of aromatic nitrogens is 3. The summed E-state index contributed by atoms with van der Waals surface area (Å²) in [5.74, 6) is 3.85. The van der Waals surface area contributed by atoms with Crippen molar-refractivity contribution >= 4 is 12.4 Å². The highest BCUT2D eigenvalue weighted by Crippen LogP contribution is 2.29. The molecular formula is C19H28ClN5O. The number of likely N-dealkylation sites (tertiary alicyclic amines) is 1. The topological polar surface area (TPSA) is 55.2 Å². The second-order valence-electron chi connectivity index (χ2n) is 6.89. The van der Waals surface area contributed by atoms with Crippen LogP contribution in [0.25, 0.3) is 0 Å². The smallest absolute Gasteiger partial charge is 0.147 e. The molecule has 6 nitrogen and oxygen atoms in total. The van der Waals surface area contributed by atoms with E-state index in [1.54, 1.807) is 0 Å². The van der Waals surface area contributed by atoms with E-state index < -0.39 is 0 Å². The summed E-state index contributed by atoms with van der Waals surface area (Å²) < 4.78 is 8.10. The molecule has 0 radical (unpaired) electrons. The molecule has 1 fully saturated rings. The first-order valence-electron chi connectivity index (χ1n) is 9.41. The molecule has 0 spiro atoms. The van der Waals surface area contributed by atoms with E-state index in [4.69, 9.17) is 4.74 Å². The van der Waals surface area contributed by atoms with Crippen LogP contribution in [0.4, 0.5) is 0 Å². The van der Waals surface area contributed by atoms with Crippen LogP contribution >= 0.6 is 12.4 Å². The van der Waals surface area contributed by atoms with Crippen molar-refractivity contribution in [1.29, 1.82) is 0 Å². The predicted octanol–water partition coefficient (Wildman–Crippen LogP) is 2.58. The van der Waals surface area contributed by atoms with Crippen molar-refractivity contribution < 1.29 is 4.74 Å². The fourth-order valence-corrected chi connectivity index (χ4v) is 3.94. The largest absolute Gasteiger partial charge is 0.494 e. The average Bonchev–Trinajstić information content (AvgIpc) is 3.08. The summed E-state index contributed by atoms with van der Waals surface area (Å²) >= 11 is 0. The molecule has 0 saturated carbocycles. The maximum Gasteiger partial charge on any atom is 0.147 e. The van der Waals surface area contributed by atoms with Gasteiger partial charge in [-0.15, -0.1) is 22.6 Å². The number of nitrogens with zero attached hydrogens (tertiary/aromatic N) is 4. The highest BCUT2D eigenvalue weighted by Gasteiger charge is 2.27. The molecular weight excluding hydrogens is 350 g/mol. The summed E-state index contributed by atoms with van der Waals surface area (Å²) in [5.41, 5.74) is 1.29. The Morgan fingerprint density at radius 1 is 1.15 bits per heavy atom. The first-order valence-corrected chi connectivity index (χ1v) is 9.41. The Balaban J connectivity index is 0.00000196. The second kappa shape index (κ2) is 8.84. The number of benzene rings is 1. The van der Waals surface area contributed by atoms with E-state index in [9.17, 15) is 0 Å². The van der Waals surface area contributed by atoms with Gasteiger partial charge in [0.05, 0.1) is 13.2 Å². The number of nitrogens with one attached hydrogen (secondary N) is 1. The zero-order chi connectivity index (χ0) is 17.1. The standard InChI is InChI=1S/C19H27N5O.ClH/c1-2-25-17-6-4-3-5-16(17)14-23-10-7-15(8-11-23)19-22-21-18-13-20-9-12-24(18)19;/h3-6,15,20H,2,7-14H2,1H3;1H. The summed E-state index contributed by atoms with van der Waals surface area (Å²) in [5, 5.41) is 12.2. The fraction of sp³-hybridized carbons (Fsp3) is 0.579. The third kappa shape index (κ3) is 4.03. The lowest BCUT2D eigenvalue weighted by Gasteiger charge is -2.32. The second-order valence-corrected chi connectivity index (χ2v) is 6.89. The lowest BCUT2D eigenvalue weighted by Crippen LogP contribution is -2.34. The van der Waals surface area contributed by atoms with Crippen LogP contribution in [0.2, 0.25) is 0 Å². The highest BCUT2D eigenvalue weighted by molar-refractivity contribution is 5.85. The van der Waals surface area contributed by atoms with Gasteiger partial charge in [-0.2, -0.15) is 0 Å². The summed E-state index contributed by atoms with van der Waals surface area (Å²) in [6.45, 7) is 8.79. The van der Waals surface area contributed by atoms with Gasteiger partial charge in [-0.3, -0.25) is 4.90 Å². The summed E-state index contributed by atoms with van der Waals surface area (Å²) in [6, 6.07) is 8.40. The zero-order valence-corrected chi connectivity index (χ0v) is 16.2. The lowest BCUT2D eigenvalue weighted by atomic mass is 9.95. The third-order valence-electron chi connectivity index (χ3n) is 5.27. The van der Waals surface area contributed by atoms with Gasteiger partial charge in [0.2, 0.25) is 0 Å². The van der Waals surface area contributed by atoms with Crippen molar-refractivity contribution in [1.82, 2.24) is 25.0 Å². The number of fused-ring (bicyclic) bond motifs is 1. The summed E-state index contributed by atoms with van der Waals surface area (Å²) in [6.07, 6.45) is 2.31. The van der Waals surface area contributed by atoms with Crippen LogP contribution < -0.4 is 10.1 Å². The van der Waals surface area contributed by atoms with Gasteiger partial charge in [-0.1, -0.05) is 18.2 Å². The van der Waals surface area contributed by atoms with E-state index in [1.807, 2.05) is 13.0 Å². The van der Waals surface area contributed by atoms with Crippen molar-refractivity contribution in [2.45, 2.75) is 45.3 Å². The Morgan fingerprint density at radius 2 is 1.96 bits per heavy atom. The van der Waals surface area contributed by atoms with Crippen LogP contribution in [0.15, 0.2) is 24.3 Å². The van der Waals surface area contributed by atoms with Crippen molar-refractivity contribution in [3.05, 3.63) is 41.5 Å². The van der Waals surface area contributed by atoms with E-state index in [-0.39, 0.29) is 12.4 Å². The molecule has 0 aliphatic carbocycles. The maximum atomic E-state index is 5.77. The van der Waals surface area contributed by atoms with Crippen LogP contribution in [0, 0.1) is 0 Å². The molecule has 0 unspecified atom stereocenters. The third-order valence-corrected chi connectivity index (χ3v) is 5.27. The van der Waals surface area contributed by atoms with Gasteiger partial charge in [0.25, 0.3) is 0 Å². The minimum atomic E-state index is 0. The van der Waals surface area contributed by atoms with Gasteiger partial charge in [0.1, 0.15) is 17.4 Å². The molecule has 3 heterocycles. The predicted molar refractivity (Wildman–Crippen MR) is 104 cm³/mol. The lowest BCUT2D eigenvalue weighted by molar-refractivity contribution is 0.196. The number of ether oxygens (including phenoxy) is 1. The molecule has 2 aliphatic heterocycles. The Bertz CT molecular complexity index is 712. The molecule has 1 saturated heterocycles. The van der Waals surface area contributed by atoms with Crippen molar-refractivity contribution in [3.8, 4) is 5.75 Å². The minimum absolute atomic E-state index is 0. The summed E-state index contributed by atoms with van der Waals surface area (Å²) in [7, 11) is 0. The van der Waals surface area contributed by atoms with Gasteiger partial charge in [0.15, 0.2) is 0 Å². The number of para-hydroxylation sites is 1. The quantitative estimate of drug-likeness (QED) is 0.867. The molecule has 0 bridgehead atoms. The van der Waals surface area contributed by atoms with E-state index in [2.05, 4.69) is 43.2 Å². The highest BCUT2D eigenvalue weighted by atomic mass is 35.5. The molecule has 0 atom stereocenters. The zero-order valence-electron chi connectivity index (χ0n) is 15.4. The molecule has 0 amide bonds.